The van der Waals surface area contributed by atoms with Crippen LogP contribution in [0, 0.1) is 6.92 Å². The van der Waals surface area contributed by atoms with Crippen molar-refractivity contribution in [1.29, 1.82) is 0 Å². The molecule has 1 aliphatic heterocycles. The van der Waals surface area contributed by atoms with Gasteiger partial charge in [-0.1, -0.05) is 24.8 Å². The van der Waals surface area contributed by atoms with Gasteiger partial charge in [-0.2, -0.15) is 0 Å². The van der Waals surface area contributed by atoms with E-state index in [-0.39, 0.29) is 6.17 Å². The number of allylic oxidation sites excluding steroid dienone is 1. The molecule has 1 aliphatic rings. The van der Waals surface area contributed by atoms with Gasteiger partial charge in [0.25, 0.3) is 0 Å². The predicted octanol–water partition coefficient (Wildman–Crippen LogP) is 2.78. The van der Waals surface area contributed by atoms with E-state index >= 15 is 0 Å². The van der Waals surface area contributed by atoms with E-state index in [1.807, 2.05) is 26.0 Å². The molecule has 1 atom stereocenters. The minimum absolute atomic E-state index is 0.00722. The lowest BCUT2D eigenvalue weighted by atomic mass is 10.1. The molecule has 2 N–H and O–H groups in total. The number of hydrogen-bond acceptors (Lipinski definition) is 4. The van der Waals surface area contributed by atoms with E-state index < -0.39 is 0 Å². The first-order chi connectivity index (χ1) is 9.11. The zero-order valence-electron chi connectivity index (χ0n) is 11.7. The van der Waals surface area contributed by atoms with Crippen molar-refractivity contribution in [3.8, 4) is 0 Å². The topological polar surface area (TPSA) is 44.9 Å². The monoisotopic (exact) mass is 256 g/mol. The predicted molar refractivity (Wildman–Crippen MR) is 80.5 cm³/mol. The Morgan fingerprint density at radius 2 is 2.05 bits per heavy atom. The van der Waals surface area contributed by atoms with Crippen molar-refractivity contribution < 1.29 is 0 Å². The van der Waals surface area contributed by atoms with E-state index in [0.717, 1.165) is 17.2 Å². The number of aryl methyl sites for hydroxylation is 1. The Kier molecular flexibility index (Phi) is 3.71. The fourth-order valence-corrected chi connectivity index (χ4v) is 2.35. The first-order valence-corrected chi connectivity index (χ1v) is 6.36. The molecule has 0 saturated carbocycles. The van der Waals surface area contributed by atoms with Gasteiger partial charge in [-0.05, 0) is 38.5 Å². The van der Waals surface area contributed by atoms with Crippen molar-refractivity contribution in [2.24, 2.45) is 10.8 Å². The number of aliphatic imine (C=N–C) groups is 1. The third kappa shape index (κ3) is 2.15. The standard InChI is InChI=1S/C15H20N4/c1-5-13-15(17-6-2)19(16)12(4)18(13)14-10-8-7-9-11(14)3/h5-10,12H,1,16H2,2-4H3. The maximum Gasteiger partial charge on any atom is 0.168 e. The van der Waals surface area contributed by atoms with Gasteiger partial charge < -0.3 is 4.90 Å². The number of hydrogen-bond donors (Lipinski definition) is 1. The fourth-order valence-electron chi connectivity index (χ4n) is 2.35. The van der Waals surface area contributed by atoms with Crippen molar-refractivity contribution in [1.82, 2.24) is 5.01 Å². The molecule has 0 saturated heterocycles. The van der Waals surface area contributed by atoms with Gasteiger partial charge >= 0.3 is 0 Å². The maximum atomic E-state index is 6.12. The van der Waals surface area contributed by atoms with Crippen LogP contribution >= 0.6 is 0 Å². The lowest BCUT2D eigenvalue weighted by Crippen LogP contribution is -2.42. The molecular weight excluding hydrogens is 236 g/mol. The zero-order chi connectivity index (χ0) is 14.0. The quantitative estimate of drug-likeness (QED) is 0.668. The van der Waals surface area contributed by atoms with Crippen LogP contribution in [-0.4, -0.2) is 17.4 Å². The van der Waals surface area contributed by atoms with Crippen LogP contribution in [0.4, 0.5) is 5.69 Å². The molecule has 4 nitrogen and oxygen atoms in total. The second-order valence-corrected chi connectivity index (χ2v) is 4.50. The van der Waals surface area contributed by atoms with Gasteiger partial charge in [0, 0.05) is 11.9 Å². The Morgan fingerprint density at radius 1 is 1.37 bits per heavy atom. The Hall–Kier alpha value is -2.07. The summed E-state index contributed by atoms with van der Waals surface area (Å²) in [4.78, 5) is 6.51. The Morgan fingerprint density at radius 3 is 2.63 bits per heavy atom. The highest BCUT2D eigenvalue weighted by molar-refractivity contribution is 5.64. The molecule has 0 aliphatic carbocycles. The molecule has 100 valence electrons. The van der Waals surface area contributed by atoms with Crippen molar-refractivity contribution in [2.45, 2.75) is 26.9 Å². The number of nitrogens with zero attached hydrogens (tertiary/aromatic N) is 3. The van der Waals surface area contributed by atoms with E-state index in [2.05, 4.69) is 35.5 Å². The summed E-state index contributed by atoms with van der Waals surface area (Å²) < 4.78 is 0. The summed E-state index contributed by atoms with van der Waals surface area (Å²) >= 11 is 0. The highest BCUT2D eigenvalue weighted by Gasteiger charge is 2.33. The van der Waals surface area contributed by atoms with E-state index in [1.54, 1.807) is 17.3 Å². The van der Waals surface area contributed by atoms with Crippen LogP contribution < -0.4 is 10.7 Å². The molecule has 0 radical (unpaired) electrons. The third-order valence-electron chi connectivity index (χ3n) is 3.33. The van der Waals surface area contributed by atoms with Crippen molar-refractivity contribution in [2.75, 3.05) is 4.90 Å². The Bertz CT molecular complexity index is 545. The average molecular weight is 256 g/mol. The van der Waals surface area contributed by atoms with Crippen LogP contribution in [0.5, 0.6) is 0 Å². The van der Waals surface area contributed by atoms with Crippen LogP contribution in [0.25, 0.3) is 0 Å². The fraction of sp³-hybridized carbons (Fsp3) is 0.267. The van der Waals surface area contributed by atoms with Crippen LogP contribution in [0.3, 0.4) is 0 Å². The average Bonchev–Trinajstić information content (AvgIpc) is 2.64. The summed E-state index contributed by atoms with van der Waals surface area (Å²) in [5.74, 6) is 6.87. The second kappa shape index (κ2) is 5.28. The first kappa shape index (κ1) is 13.4. The van der Waals surface area contributed by atoms with Crippen LogP contribution in [-0.2, 0) is 0 Å². The normalized spacial score (nSPS) is 19.7. The lowest BCUT2D eigenvalue weighted by Gasteiger charge is -2.29. The molecule has 0 bridgehead atoms. The summed E-state index contributed by atoms with van der Waals surface area (Å²) in [5, 5.41) is 1.67. The van der Waals surface area contributed by atoms with Gasteiger partial charge in [0.2, 0.25) is 0 Å². The van der Waals surface area contributed by atoms with Crippen LogP contribution in [0.2, 0.25) is 0 Å². The molecule has 0 spiro atoms. The molecule has 0 amide bonds. The molecule has 1 unspecified atom stereocenters. The number of para-hydroxylation sites is 1. The molecule has 0 fully saturated rings. The number of anilines is 1. The summed E-state index contributed by atoms with van der Waals surface area (Å²) in [6.07, 6.45) is 3.55. The van der Waals surface area contributed by atoms with Gasteiger partial charge in [-0.15, -0.1) is 0 Å². The Labute approximate surface area is 114 Å². The molecule has 19 heavy (non-hydrogen) atoms. The van der Waals surface area contributed by atoms with Crippen molar-refractivity contribution in [3.63, 3.8) is 0 Å². The van der Waals surface area contributed by atoms with E-state index in [9.17, 15) is 0 Å². The summed E-state index contributed by atoms with van der Waals surface area (Å²) in [6, 6.07) is 8.23. The summed E-state index contributed by atoms with van der Waals surface area (Å²) in [5.41, 5.74) is 3.26. The molecule has 2 rings (SSSR count). The van der Waals surface area contributed by atoms with Gasteiger partial charge in [-0.25, -0.2) is 10.8 Å². The smallest absolute Gasteiger partial charge is 0.168 e. The van der Waals surface area contributed by atoms with E-state index in [1.165, 1.54) is 5.56 Å². The molecular formula is C15H20N4. The largest absolute Gasteiger partial charge is 0.316 e. The number of rotatable bonds is 3. The summed E-state index contributed by atoms with van der Waals surface area (Å²) in [7, 11) is 0. The first-order valence-electron chi connectivity index (χ1n) is 6.36. The lowest BCUT2D eigenvalue weighted by molar-refractivity contribution is 0.303. The minimum atomic E-state index is 0.00722. The zero-order valence-corrected chi connectivity index (χ0v) is 11.7. The molecule has 1 aromatic carbocycles. The molecule has 0 aromatic heterocycles. The summed E-state index contributed by atoms with van der Waals surface area (Å²) in [6.45, 7) is 9.91. The number of benzene rings is 1. The second-order valence-electron chi connectivity index (χ2n) is 4.50. The van der Waals surface area contributed by atoms with E-state index in [0.29, 0.717) is 0 Å². The SMILES string of the molecule is C=CC1=C(N=CC)N(N)C(C)N1c1ccccc1C. The highest BCUT2D eigenvalue weighted by Crippen LogP contribution is 2.34. The maximum absolute atomic E-state index is 6.12. The highest BCUT2D eigenvalue weighted by atomic mass is 15.6. The van der Waals surface area contributed by atoms with Gasteiger partial charge in [0.15, 0.2) is 5.82 Å². The van der Waals surface area contributed by atoms with Gasteiger partial charge in [-0.3, -0.25) is 5.01 Å². The number of hydrazine groups is 1. The van der Waals surface area contributed by atoms with E-state index in [4.69, 9.17) is 5.84 Å². The number of nitrogens with two attached hydrogens (primary N) is 1. The van der Waals surface area contributed by atoms with Crippen LogP contribution in [0.15, 0.2) is 53.4 Å². The van der Waals surface area contributed by atoms with Gasteiger partial charge in [0.1, 0.15) is 6.17 Å². The Balaban J connectivity index is 2.57. The van der Waals surface area contributed by atoms with Crippen molar-refractivity contribution >= 4 is 11.9 Å². The third-order valence-corrected chi connectivity index (χ3v) is 3.33. The minimum Gasteiger partial charge on any atom is -0.316 e. The van der Waals surface area contributed by atoms with Crippen molar-refractivity contribution in [3.05, 3.63) is 54.0 Å². The van der Waals surface area contributed by atoms with Gasteiger partial charge in [0.05, 0.1) is 5.70 Å². The molecule has 4 heteroatoms. The van der Waals surface area contributed by atoms with Crippen LogP contribution in [0.1, 0.15) is 19.4 Å². The molecule has 1 heterocycles. The molecule has 1 aromatic rings.